The molecule has 3 heteroatoms. The van der Waals surface area contributed by atoms with Crippen LogP contribution in [-0.2, 0) is 5.41 Å². The first-order valence-electron chi connectivity index (χ1n) is 5.43. The zero-order valence-electron chi connectivity index (χ0n) is 9.26. The fourth-order valence-corrected chi connectivity index (χ4v) is 2.79. The van der Waals surface area contributed by atoms with Gasteiger partial charge in [0, 0.05) is 17.0 Å². The Morgan fingerprint density at radius 3 is 2.62 bits per heavy atom. The van der Waals surface area contributed by atoms with E-state index in [1.54, 1.807) is 0 Å². The summed E-state index contributed by atoms with van der Waals surface area (Å²) in [5, 5.41) is 3.73. The summed E-state index contributed by atoms with van der Waals surface area (Å²) in [6, 6.07) is 4.69. The topological polar surface area (TPSA) is 12.0 Å². The van der Waals surface area contributed by atoms with E-state index >= 15 is 0 Å². The first kappa shape index (κ1) is 11.6. The second kappa shape index (κ2) is 4.56. The van der Waals surface area contributed by atoms with E-state index in [9.17, 15) is 4.39 Å². The van der Waals surface area contributed by atoms with Gasteiger partial charge < -0.3 is 5.32 Å². The molecule has 1 nitrogen and oxygen atoms in total. The number of hydrogen-bond donors (Lipinski definition) is 1. The predicted molar refractivity (Wildman–Crippen MR) is 65.4 cm³/mol. The predicted octanol–water partition coefficient (Wildman–Crippen LogP) is 3.29. The maximum absolute atomic E-state index is 13.0. The van der Waals surface area contributed by atoms with Crippen molar-refractivity contribution in [2.24, 2.45) is 0 Å². The average molecular weight is 240 g/mol. The summed E-state index contributed by atoms with van der Waals surface area (Å²) in [5.41, 5.74) is 1.04. The van der Waals surface area contributed by atoms with Crippen LogP contribution in [0, 0.1) is 5.82 Å². The van der Waals surface area contributed by atoms with Gasteiger partial charge in [-0.15, -0.1) is 0 Å². The minimum absolute atomic E-state index is 0.000463. The normalized spacial score (nSPS) is 17.9. The van der Waals surface area contributed by atoms with E-state index in [2.05, 4.69) is 17.5 Å². The number of benzene rings is 1. The molecular weight excluding hydrogens is 225 g/mol. The van der Waals surface area contributed by atoms with Crippen LogP contribution in [0.1, 0.15) is 18.4 Å². The lowest BCUT2D eigenvalue weighted by atomic mass is 9.78. The molecule has 86 valence electrons. The van der Waals surface area contributed by atoms with Crippen LogP contribution in [-0.4, -0.2) is 13.6 Å². The van der Waals surface area contributed by atoms with Crippen molar-refractivity contribution in [1.29, 1.82) is 0 Å². The Balaban J connectivity index is 2.39. The summed E-state index contributed by atoms with van der Waals surface area (Å²) < 4.78 is 13.0. The second-order valence-electron chi connectivity index (χ2n) is 4.31. The van der Waals surface area contributed by atoms with Crippen molar-refractivity contribution in [3.05, 3.63) is 46.8 Å². The summed E-state index contributed by atoms with van der Waals surface area (Å²) in [5.74, 6) is -0.278. The number of hydrogen-bond acceptors (Lipinski definition) is 1. The Bertz CT molecular complexity index is 406. The SMILES string of the molecule is CNCC1(c2ccc(F)cc2Cl)CC=CC1. The van der Waals surface area contributed by atoms with Gasteiger partial charge in [-0.2, -0.15) is 0 Å². The largest absolute Gasteiger partial charge is 0.319 e. The zero-order valence-corrected chi connectivity index (χ0v) is 10.0. The highest BCUT2D eigenvalue weighted by molar-refractivity contribution is 6.31. The molecule has 1 aliphatic carbocycles. The van der Waals surface area contributed by atoms with Crippen LogP contribution >= 0.6 is 11.6 Å². The zero-order chi connectivity index (χ0) is 11.6. The van der Waals surface area contributed by atoms with Gasteiger partial charge in [-0.1, -0.05) is 29.8 Å². The molecule has 0 aromatic heterocycles. The molecule has 0 heterocycles. The van der Waals surface area contributed by atoms with Crippen LogP contribution < -0.4 is 5.32 Å². The average Bonchev–Trinajstić information content (AvgIpc) is 2.67. The monoisotopic (exact) mass is 239 g/mol. The summed E-state index contributed by atoms with van der Waals surface area (Å²) in [6.45, 7) is 0.853. The molecule has 0 bridgehead atoms. The number of nitrogens with one attached hydrogen (secondary N) is 1. The van der Waals surface area contributed by atoms with Crippen molar-refractivity contribution in [2.45, 2.75) is 18.3 Å². The van der Waals surface area contributed by atoms with E-state index in [-0.39, 0.29) is 11.2 Å². The van der Waals surface area contributed by atoms with E-state index in [0.29, 0.717) is 5.02 Å². The minimum atomic E-state index is -0.278. The maximum atomic E-state index is 13.0. The molecular formula is C13H15ClFN. The van der Waals surface area contributed by atoms with Crippen LogP contribution in [0.3, 0.4) is 0 Å². The van der Waals surface area contributed by atoms with Gasteiger partial charge >= 0.3 is 0 Å². The molecule has 0 atom stereocenters. The molecule has 1 aliphatic rings. The fourth-order valence-electron chi connectivity index (χ4n) is 2.42. The summed E-state index contributed by atoms with van der Waals surface area (Å²) in [6.07, 6.45) is 6.24. The fraction of sp³-hybridized carbons (Fsp3) is 0.385. The molecule has 0 saturated heterocycles. The highest BCUT2D eigenvalue weighted by atomic mass is 35.5. The van der Waals surface area contributed by atoms with Crippen molar-refractivity contribution < 1.29 is 4.39 Å². The molecule has 0 saturated carbocycles. The molecule has 0 unspecified atom stereocenters. The van der Waals surface area contributed by atoms with Gasteiger partial charge in [0.2, 0.25) is 0 Å². The van der Waals surface area contributed by atoms with Crippen LogP contribution in [0.25, 0.3) is 0 Å². The number of likely N-dealkylation sites (N-methyl/N-ethyl adjacent to an activating group) is 1. The Kier molecular flexibility index (Phi) is 3.31. The number of allylic oxidation sites excluding steroid dienone is 2. The smallest absolute Gasteiger partial charge is 0.124 e. The molecule has 0 aliphatic heterocycles. The molecule has 0 radical (unpaired) electrons. The lowest BCUT2D eigenvalue weighted by Crippen LogP contribution is -2.34. The minimum Gasteiger partial charge on any atom is -0.319 e. The quantitative estimate of drug-likeness (QED) is 0.799. The molecule has 2 rings (SSSR count). The van der Waals surface area contributed by atoms with Crippen LogP contribution in [0.4, 0.5) is 4.39 Å². The van der Waals surface area contributed by atoms with Gasteiger partial charge in [0.1, 0.15) is 5.82 Å². The highest BCUT2D eigenvalue weighted by Gasteiger charge is 2.33. The van der Waals surface area contributed by atoms with Crippen molar-refractivity contribution in [3.8, 4) is 0 Å². The highest BCUT2D eigenvalue weighted by Crippen LogP contribution is 2.40. The Morgan fingerprint density at radius 2 is 2.06 bits per heavy atom. The third-order valence-corrected chi connectivity index (χ3v) is 3.51. The molecule has 0 spiro atoms. The first-order valence-corrected chi connectivity index (χ1v) is 5.81. The van der Waals surface area contributed by atoms with Gasteiger partial charge in [-0.05, 0) is 37.6 Å². The molecule has 1 aromatic carbocycles. The second-order valence-corrected chi connectivity index (χ2v) is 4.72. The van der Waals surface area contributed by atoms with Gasteiger partial charge in [0.05, 0.1) is 0 Å². The third kappa shape index (κ3) is 2.00. The standard InChI is InChI=1S/C13H15ClFN/c1-16-9-13(6-2-3-7-13)11-5-4-10(15)8-12(11)14/h2-5,8,16H,6-7,9H2,1H3. The summed E-state index contributed by atoms with van der Waals surface area (Å²) in [4.78, 5) is 0. The van der Waals surface area contributed by atoms with E-state index in [4.69, 9.17) is 11.6 Å². The van der Waals surface area contributed by atoms with E-state index in [1.807, 2.05) is 13.1 Å². The van der Waals surface area contributed by atoms with Gasteiger partial charge in [-0.3, -0.25) is 0 Å². The number of rotatable bonds is 3. The van der Waals surface area contributed by atoms with Crippen LogP contribution in [0.2, 0.25) is 5.02 Å². The van der Waals surface area contributed by atoms with Crippen LogP contribution in [0.15, 0.2) is 30.4 Å². The van der Waals surface area contributed by atoms with Gasteiger partial charge in [-0.25, -0.2) is 4.39 Å². The van der Waals surface area contributed by atoms with Gasteiger partial charge in [0.25, 0.3) is 0 Å². The van der Waals surface area contributed by atoms with Crippen molar-refractivity contribution in [3.63, 3.8) is 0 Å². The van der Waals surface area contributed by atoms with E-state index < -0.39 is 0 Å². The summed E-state index contributed by atoms with van der Waals surface area (Å²) in [7, 11) is 1.93. The van der Waals surface area contributed by atoms with E-state index in [0.717, 1.165) is 24.9 Å². The Labute approximate surface area is 100 Å². The third-order valence-electron chi connectivity index (χ3n) is 3.20. The molecule has 1 N–H and O–H groups in total. The lowest BCUT2D eigenvalue weighted by Gasteiger charge is -2.30. The van der Waals surface area contributed by atoms with E-state index in [1.165, 1.54) is 12.1 Å². The molecule has 0 amide bonds. The van der Waals surface area contributed by atoms with Crippen molar-refractivity contribution in [1.82, 2.24) is 5.32 Å². The Hall–Kier alpha value is -0.860. The number of halogens is 2. The Morgan fingerprint density at radius 1 is 1.38 bits per heavy atom. The summed E-state index contributed by atoms with van der Waals surface area (Å²) >= 11 is 6.14. The maximum Gasteiger partial charge on any atom is 0.124 e. The molecule has 16 heavy (non-hydrogen) atoms. The van der Waals surface area contributed by atoms with Crippen molar-refractivity contribution in [2.75, 3.05) is 13.6 Å². The van der Waals surface area contributed by atoms with Crippen LogP contribution in [0.5, 0.6) is 0 Å². The van der Waals surface area contributed by atoms with Crippen molar-refractivity contribution >= 4 is 11.6 Å². The molecule has 1 aromatic rings. The first-order chi connectivity index (χ1) is 7.68. The molecule has 0 fully saturated rings. The van der Waals surface area contributed by atoms with Gasteiger partial charge in [0.15, 0.2) is 0 Å². The lowest BCUT2D eigenvalue weighted by molar-refractivity contribution is 0.435.